The van der Waals surface area contributed by atoms with Crippen LogP contribution in [0.4, 0.5) is 0 Å². The number of ether oxygens (including phenoxy) is 1. The molecule has 0 spiro atoms. The summed E-state index contributed by atoms with van der Waals surface area (Å²) >= 11 is 0. The van der Waals surface area contributed by atoms with Crippen LogP contribution in [0.3, 0.4) is 0 Å². The van der Waals surface area contributed by atoms with Gasteiger partial charge in [-0.3, -0.25) is 0 Å². The second-order valence-corrected chi connectivity index (χ2v) is 7.19. The number of rotatable bonds is 2. The highest BCUT2D eigenvalue weighted by molar-refractivity contribution is 5.91. The molecule has 0 radical (unpaired) electrons. The van der Waals surface area contributed by atoms with Crippen LogP contribution in [0.5, 0.6) is 40.2 Å². The van der Waals surface area contributed by atoms with Gasteiger partial charge < -0.3 is 40.5 Å². The number of fused-ring (bicyclic) bond motifs is 1. The van der Waals surface area contributed by atoms with Crippen LogP contribution in [0.1, 0.15) is 27.9 Å². The van der Waals surface area contributed by atoms with E-state index in [9.17, 15) is 25.2 Å². The van der Waals surface area contributed by atoms with E-state index >= 15 is 0 Å². The molecule has 0 aromatic heterocycles. The summed E-state index contributed by atoms with van der Waals surface area (Å²) in [5.41, 5.74) is 1.77. The molecule has 0 amide bonds. The summed E-state index contributed by atoms with van der Waals surface area (Å²) in [5.74, 6) is -3.39. The van der Waals surface area contributed by atoms with E-state index in [2.05, 4.69) is 0 Å². The number of hydrogen-bond acceptors (Lipinski definition) is 9. The van der Waals surface area contributed by atoms with E-state index in [1.165, 1.54) is 18.2 Å². The van der Waals surface area contributed by atoms with Gasteiger partial charge in [-0.1, -0.05) is 18.2 Å². The Morgan fingerprint density at radius 3 is 1.88 bits per heavy atom. The molecule has 0 fully saturated rings. The van der Waals surface area contributed by atoms with E-state index in [1.54, 1.807) is 12.1 Å². The molecule has 0 saturated heterocycles. The van der Waals surface area contributed by atoms with Crippen molar-refractivity contribution < 1.29 is 45.3 Å². The third kappa shape index (κ3) is 4.89. The minimum Gasteiger partial charge on any atom is -0.508 e. The fraction of sp³-hybridized carbons (Fsp3) is 0.174. The molecule has 1 aliphatic rings. The van der Waals surface area contributed by atoms with Crippen LogP contribution in [-0.2, 0) is 17.6 Å². The molecule has 1 unspecified atom stereocenters. The average molecular weight is 442 g/mol. The fourth-order valence-electron chi connectivity index (χ4n) is 3.32. The first-order valence-corrected chi connectivity index (χ1v) is 9.63. The van der Waals surface area contributed by atoms with Crippen molar-refractivity contribution in [1.29, 1.82) is 0 Å². The number of carbonyl (C=O) groups excluding carboxylic acids is 1. The van der Waals surface area contributed by atoms with Crippen LogP contribution in [0, 0.1) is 0 Å². The molecule has 3 aromatic carbocycles. The van der Waals surface area contributed by atoms with Gasteiger partial charge in [0.15, 0.2) is 34.5 Å². The van der Waals surface area contributed by atoms with E-state index in [0.29, 0.717) is 19.3 Å². The second-order valence-electron chi connectivity index (χ2n) is 7.19. The summed E-state index contributed by atoms with van der Waals surface area (Å²) in [5, 5.41) is 64.1. The minimum absolute atomic E-state index is 0.0421. The van der Waals surface area contributed by atoms with Gasteiger partial charge in [0.2, 0.25) is 0 Å². The van der Waals surface area contributed by atoms with Crippen LogP contribution in [0.15, 0.2) is 48.5 Å². The van der Waals surface area contributed by atoms with Crippen LogP contribution >= 0.6 is 0 Å². The largest absolute Gasteiger partial charge is 0.508 e. The summed E-state index contributed by atoms with van der Waals surface area (Å²) in [6.45, 7) is 0. The molecular weight excluding hydrogens is 420 g/mol. The van der Waals surface area contributed by atoms with Crippen LogP contribution in [0.25, 0.3) is 0 Å². The Hall–Kier alpha value is -4.27. The molecule has 9 heteroatoms. The minimum atomic E-state index is -0.691. The van der Waals surface area contributed by atoms with Gasteiger partial charge in [-0.25, -0.2) is 4.79 Å². The van der Waals surface area contributed by atoms with Gasteiger partial charge in [0.1, 0.15) is 11.9 Å². The maximum Gasteiger partial charge on any atom is 0.338 e. The van der Waals surface area contributed by atoms with E-state index in [-0.39, 0.29) is 28.9 Å². The van der Waals surface area contributed by atoms with E-state index < -0.39 is 29.0 Å². The molecule has 0 heterocycles. The Balaban J connectivity index is 0.000000269. The molecule has 7 N–H and O–H groups in total. The topological polar surface area (TPSA) is 168 Å². The predicted molar refractivity (Wildman–Crippen MR) is 112 cm³/mol. The highest BCUT2D eigenvalue weighted by Gasteiger charge is 2.25. The van der Waals surface area contributed by atoms with Gasteiger partial charge >= 0.3 is 5.97 Å². The summed E-state index contributed by atoms with van der Waals surface area (Å²) in [7, 11) is 0. The van der Waals surface area contributed by atoms with E-state index in [1.807, 2.05) is 6.07 Å². The molecule has 4 rings (SSSR count). The lowest BCUT2D eigenvalue weighted by Gasteiger charge is -2.25. The number of para-hydroxylation sites is 1. The number of phenolic OH excluding ortho intramolecular Hbond substituents is 7. The van der Waals surface area contributed by atoms with Crippen molar-refractivity contribution in [3.05, 3.63) is 65.2 Å². The van der Waals surface area contributed by atoms with E-state index in [0.717, 1.165) is 23.3 Å². The Labute approximate surface area is 182 Å². The predicted octanol–water partition coefficient (Wildman–Crippen LogP) is 3.03. The lowest BCUT2D eigenvalue weighted by Crippen LogP contribution is -2.25. The summed E-state index contributed by atoms with van der Waals surface area (Å²) in [6.07, 6.45) is 1.32. The number of esters is 1. The quantitative estimate of drug-likeness (QED) is 0.233. The Morgan fingerprint density at radius 2 is 1.28 bits per heavy atom. The first kappa shape index (κ1) is 22.4. The number of phenols is 7. The highest BCUT2D eigenvalue weighted by Crippen LogP contribution is 2.36. The molecular formula is C23H22O9. The van der Waals surface area contributed by atoms with Crippen molar-refractivity contribution in [3.8, 4) is 40.2 Å². The summed E-state index contributed by atoms with van der Waals surface area (Å²) in [6, 6.07) is 11.4. The molecule has 32 heavy (non-hydrogen) atoms. The normalized spacial score (nSPS) is 14.6. The van der Waals surface area contributed by atoms with Crippen molar-refractivity contribution in [2.24, 2.45) is 0 Å². The van der Waals surface area contributed by atoms with Crippen molar-refractivity contribution in [2.45, 2.75) is 25.4 Å². The number of hydrogen-bond donors (Lipinski definition) is 7. The molecule has 168 valence electrons. The maximum absolute atomic E-state index is 12.1. The smallest absolute Gasteiger partial charge is 0.338 e. The Morgan fingerprint density at radius 1 is 0.750 bits per heavy atom. The first-order chi connectivity index (χ1) is 15.2. The standard InChI is InChI=1S/C17H16O6.C6H6O3/c18-13-3-1-2-9-6-11(4-5-12(9)13)23-17(22)10-7-14(19)16(21)15(20)8-10;7-4-2-1-3-5(8)6(4)9/h1-3,7-8,11,18-21H,4-6H2;1-3,7-9H. The molecule has 9 nitrogen and oxygen atoms in total. The molecule has 0 aliphatic heterocycles. The van der Waals surface area contributed by atoms with Crippen molar-refractivity contribution in [3.63, 3.8) is 0 Å². The molecule has 3 aromatic rings. The lowest BCUT2D eigenvalue weighted by molar-refractivity contribution is 0.0269. The zero-order chi connectivity index (χ0) is 23.4. The second kappa shape index (κ2) is 9.25. The van der Waals surface area contributed by atoms with Crippen LogP contribution < -0.4 is 0 Å². The average Bonchev–Trinajstić information content (AvgIpc) is 2.76. The third-order valence-electron chi connectivity index (χ3n) is 4.98. The third-order valence-corrected chi connectivity index (χ3v) is 4.98. The van der Waals surface area contributed by atoms with Crippen molar-refractivity contribution >= 4 is 5.97 Å². The van der Waals surface area contributed by atoms with Crippen molar-refractivity contribution in [2.75, 3.05) is 0 Å². The fourth-order valence-corrected chi connectivity index (χ4v) is 3.32. The van der Waals surface area contributed by atoms with E-state index in [4.69, 9.17) is 20.1 Å². The van der Waals surface area contributed by atoms with Gasteiger partial charge in [0.25, 0.3) is 0 Å². The van der Waals surface area contributed by atoms with Gasteiger partial charge in [0.05, 0.1) is 5.56 Å². The Kier molecular flexibility index (Phi) is 6.48. The lowest BCUT2D eigenvalue weighted by atomic mass is 9.89. The zero-order valence-electron chi connectivity index (χ0n) is 16.8. The van der Waals surface area contributed by atoms with Crippen LogP contribution in [0.2, 0.25) is 0 Å². The number of carbonyl (C=O) groups is 1. The number of aromatic hydroxyl groups is 7. The SMILES string of the molecule is O=C(OC1CCc2c(O)cccc2C1)c1cc(O)c(O)c(O)c1.Oc1cccc(O)c1O. The molecule has 0 saturated carbocycles. The molecule has 1 atom stereocenters. The monoisotopic (exact) mass is 442 g/mol. The van der Waals surface area contributed by atoms with Crippen LogP contribution in [-0.4, -0.2) is 47.8 Å². The number of benzene rings is 3. The van der Waals surface area contributed by atoms with Gasteiger partial charge in [-0.15, -0.1) is 0 Å². The highest BCUT2D eigenvalue weighted by atomic mass is 16.5. The zero-order valence-corrected chi connectivity index (χ0v) is 16.8. The maximum atomic E-state index is 12.1. The van der Waals surface area contributed by atoms with Gasteiger partial charge in [-0.05, 0) is 54.3 Å². The van der Waals surface area contributed by atoms with Gasteiger partial charge in [0, 0.05) is 6.42 Å². The molecule has 1 aliphatic carbocycles. The Bertz CT molecular complexity index is 1100. The summed E-state index contributed by atoms with van der Waals surface area (Å²) in [4.78, 5) is 12.1. The van der Waals surface area contributed by atoms with Crippen molar-refractivity contribution in [1.82, 2.24) is 0 Å². The molecule has 0 bridgehead atoms. The van der Waals surface area contributed by atoms with Gasteiger partial charge in [-0.2, -0.15) is 0 Å². The first-order valence-electron chi connectivity index (χ1n) is 9.63. The summed E-state index contributed by atoms with van der Waals surface area (Å²) < 4.78 is 5.40.